The first-order chi connectivity index (χ1) is 13.7. The maximum absolute atomic E-state index is 11.8. The SMILES string of the molecule is COc1c(O)ccc(/C=N/NC(=O)COc2ccc([N+](=O)[O-])cc2Br)c1[N+](=O)[O-]. The summed E-state index contributed by atoms with van der Waals surface area (Å²) in [7, 11) is 1.17. The minimum atomic E-state index is -0.753. The predicted octanol–water partition coefficient (Wildman–Crippen LogP) is 2.51. The summed E-state index contributed by atoms with van der Waals surface area (Å²) in [5.41, 5.74) is 1.45. The normalized spacial score (nSPS) is 10.6. The molecule has 2 rings (SSSR count). The summed E-state index contributed by atoms with van der Waals surface area (Å²) in [5, 5.41) is 35.1. The summed E-state index contributed by atoms with van der Waals surface area (Å²) >= 11 is 3.10. The lowest BCUT2D eigenvalue weighted by Crippen LogP contribution is -2.24. The van der Waals surface area contributed by atoms with E-state index in [9.17, 15) is 30.1 Å². The van der Waals surface area contributed by atoms with Crippen LogP contribution in [0.1, 0.15) is 5.56 Å². The van der Waals surface area contributed by atoms with Crippen LogP contribution in [-0.2, 0) is 4.79 Å². The van der Waals surface area contributed by atoms with E-state index in [0.717, 1.165) is 6.21 Å². The summed E-state index contributed by atoms with van der Waals surface area (Å²) < 4.78 is 10.3. The van der Waals surface area contributed by atoms with E-state index in [2.05, 4.69) is 26.5 Å². The molecule has 0 saturated heterocycles. The minimum absolute atomic E-state index is 0.0102. The summed E-state index contributed by atoms with van der Waals surface area (Å²) in [6.07, 6.45) is 1.01. The molecule has 0 radical (unpaired) electrons. The second-order valence-electron chi connectivity index (χ2n) is 5.27. The topological polar surface area (TPSA) is 166 Å². The Morgan fingerprint density at radius 1 is 1.28 bits per heavy atom. The molecule has 152 valence electrons. The molecule has 13 heteroatoms. The van der Waals surface area contributed by atoms with Crippen LogP contribution in [0.25, 0.3) is 0 Å². The van der Waals surface area contributed by atoms with E-state index in [4.69, 9.17) is 9.47 Å². The molecule has 0 fully saturated rings. The number of nitrogens with zero attached hydrogens (tertiary/aromatic N) is 3. The van der Waals surface area contributed by atoms with Gasteiger partial charge in [0.05, 0.1) is 33.2 Å². The zero-order valence-corrected chi connectivity index (χ0v) is 16.3. The zero-order chi connectivity index (χ0) is 21.6. The number of carbonyl (C=O) groups excluding carboxylic acids is 1. The predicted molar refractivity (Wildman–Crippen MR) is 103 cm³/mol. The van der Waals surface area contributed by atoms with Crippen LogP contribution in [0, 0.1) is 20.2 Å². The summed E-state index contributed by atoms with van der Waals surface area (Å²) in [6.45, 7) is -0.464. The van der Waals surface area contributed by atoms with Gasteiger partial charge in [0, 0.05) is 12.1 Å². The van der Waals surface area contributed by atoms with Gasteiger partial charge in [-0.25, -0.2) is 5.43 Å². The van der Waals surface area contributed by atoms with Gasteiger partial charge >= 0.3 is 5.69 Å². The van der Waals surface area contributed by atoms with E-state index >= 15 is 0 Å². The second-order valence-corrected chi connectivity index (χ2v) is 6.12. The molecule has 0 saturated carbocycles. The Kier molecular flexibility index (Phi) is 7.03. The molecule has 12 nitrogen and oxygen atoms in total. The smallest absolute Gasteiger partial charge is 0.323 e. The molecule has 0 heterocycles. The van der Waals surface area contributed by atoms with Crippen LogP contribution in [0.2, 0.25) is 0 Å². The number of non-ortho nitro benzene ring substituents is 1. The van der Waals surface area contributed by atoms with Crippen LogP contribution in [0.15, 0.2) is 39.9 Å². The van der Waals surface area contributed by atoms with E-state index in [0.29, 0.717) is 0 Å². The largest absolute Gasteiger partial charge is 0.504 e. The molecule has 0 aliphatic heterocycles. The minimum Gasteiger partial charge on any atom is -0.504 e. The highest BCUT2D eigenvalue weighted by molar-refractivity contribution is 9.10. The maximum atomic E-state index is 11.8. The van der Waals surface area contributed by atoms with Gasteiger partial charge in [0.2, 0.25) is 5.75 Å². The number of carbonyl (C=O) groups is 1. The third-order valence-electron chi connectivity index (χ3n) is 3.41. The molecule has 2 N–H and O–H groups in total. The first-order valence-electron chi connectivity index (χ1n) is 7.67. The third-order valence-corrected chi connectivity index (χ3v) is 4.03. The van der Waals surface area contributed by atoms with Crippen molar-refractivity contribution >= 4 is 39.4 Å². The van der Waals surface area contributed by atoms with E-state index in [1.165, 1.54) is 37.4 Å². The third kappa shape index (κ3) is 5.38. The molecule has 0 atom stereocenters. The van der Waals surface area contributed by atoms with E-state index in [-0.39, 0.29) is 27.2 Å². The molecule has 0 bridgehead atoms. The molecule has 0 aliphatic carbocycles. The molecule has 0 unspecified atom stereocenters. The molecule has 0 aromatic heterocycles. The number of halogens is 1. The summed E-state index contributed by atoms with van der Waals surface area (Å²) in [5.74, 6) is -1.23. The number of hydrogen-bond acceptors (Lipinski definition) is 9. The van der Waals surface area contributed by atoms with Crippen molar-refractivity contribution in [3.05, 3.63) is 60.6 Å². The van der Waals surface area contributed by atoms with E-state index in [1.54, 1.807) is 0 Å². The lowest BCUT2D eigenvalue weighted by Gasteiger charge is -2.07. The molecule has 2 aromatic carbocycles. The molecule has 29 heavy (non-hydrogen) atoms. The Bertz CT molecular complexity index is 995. The fourth-order valence-corrected chi connectivity index (χ4v) is 2.62. The Morgan fingerprint density at radius 2 is 2.00 bits per heavy atom. The number of nitro benzene ring substituents is 2. The fraction of sp³-hybridized carbons (Fsp3) is 0.125. The number of phenols is 1. The highest BCUT2D eigenvalue weighted by Gasteiger charge is 2.23. The van der Waals surface area contributed by atoms with E-state index < -0.39 is 33.8 Å². The van der Waals surface area contributed by atoms with Crippen LogP contribution >= 0.6 is 15.9 Å². The monoisotopic (exact) mass is 468 g/mol. The molecular formula is C16H13BrN4O8. The quantitative estimate of drug-likeness (QED) is 0.338. The summed E-state index contributed by atoms with van der Waals surface area (Å²) in [4.78, 5) is 32.4. The van der Waals surface area contributed by atoms with Crippen molar-refractivity contribution in [3.63, 3.8) is 0 Å². The van der Waals surface area contributed by atoms with Gasteiger partial charge < -0.3 is 14.6 Å². The van der Waals surface area contributed by atoms with Gasteiger partial charge in [-0.2, -0.15) is 5.10 Å². The lowest BCUT2D eigenvalue weighted by atomic mass is 10.1. The highest BCUT2D eigenvalue weighted by Crippen LogP contribution is 2.37. The average Bonchev–Trinajstić information content (AvgIpc) is 2.67. The number of hydrazone groups is 1. The van der Waals surface area contributed by atoms with Crippen molar-refractivity contribution in [2.75, 3.05) is 13.7 Å². The molecule has 0 spiro atoms. The van der Waals surface area contributed by atoms with Crippen LogP contribution in [0.3, 0.4) is 0 Å². The van der Waals surface area contributed by atoms with Crippen molar-refractivity contribution in [2.45, 2.75) is 0 Å². The molecule has 1 amide bonds. The van der Waals surface area contributed by atoms with Crippen LogP contribution in [-0.4, -0.2) is 40.8 Å². The Morgan fingerprint density at radius 3 is 2.59 bits per heavy atom. The van der Waals surface area contributed by atoms with Gasteiger partial charge in [-0.1, -0.05) is 0 Å². The van der Waals surface area contributed by atoms with E-state index in [1.807, 2.05) is 0 Å². The van der Waals surface area contributed by atoms with Gasteiger partial charge in [-0.3, -0.25) is 25.0 Å². The van der Waals surface area contributed by atoms with Gasteiger partial charge in [-0.15, -0.1) is 0 Å². The number of hydrogen-bond donors (Lipinski definition) is 2. The van der Waals surface area contributed by atoms with Crippen molar-refractivity contribution in [3.8, 4) is 17.2 Å². The van der Waals surface area contributed by atoms with Crippen molar-refractivity contribution in [1.82, 2.24) is 5.43 Å². The molecule has 2 aromatic rings. The molecular weight excluding hydrogens is 456 g/mol. The van der Waals surface area contributed by atoms with Crippen molar-refractivity contribution in [1.29, 1.82) is 0 Å². The van der Waals surface area contributed by atoms with Crippen LogP contribution in [0.4, 0.5) is 11.4 Å². The number of aromatic hydroxyl groups is 1. The highest BCUT2D eigenvalue weighted by atomic mass is 79.9. The van der Waals surface area contributed by atoms with Gasteiger partial charge in [0.25, 0.3) is 11.6 Å². The molecule has 0 aliphatic rings. The van der Waals surface area contributed by atoms with Crippen molar-refractivity contribution in [2.24, 2.45) is 5.10 Å². The summed E-state index contributed by atoms with van der Waals surface area (Å²) in [6, 6.07) is 6.18. The van der Waals surface area contributed by atoms with Crippen LogP contribution < -0.4 is 14.9 Å². The maximum Gasteiger partial charge on any atom is 0.323 e. The van der Waals surface area contributed by atoms with Crippen LogP contribution in [0.5, 0.6) is 17.2 Å². The van der Waals surface area contributed by atoms with Gasteiger partial charge in [0.15, 0.2) is 12.4 Å². The number of amides is 1. The lowest BCUT2D eigenvalue weighted by molar-refractivity contribution is -0.386. The fourth-order valence-electron chi connectivity index (χ4n) is 2.14. The number of methoxy groups -OCH3 is 1. The standard InChI is InChI=1S/C16H13BrN4O8/c1-28-16-12(22)4-2-9(15(16)21(26)27)7-18-19-14(23)8-29-13-5-3-10(20(24)25)6-11(13)17/h2-7,22H,8H2,1H3,(H,19,23)/b18-7+. The number of ether oxygens (including phenoxy) is 2. The Hall–Kier alpha value is -3.74. The number of nitrogens with one attached hydrogen (secondary N) is 1. The number of rotatable bonds is 8. The number of nitro groups is 2. The zero-order valence-electron chi connectivity index (χ0n) is 14.7. The first kappa shape index (κ1) is 21.6. The number of benzene rings is 2. The second kappa shape index (κ2) is 9.45. The van der Waals surface area contributed by atoms with Gasteiger partial charge in [-0.05, 0) is 34.1 Å². The first-order valence-corrected chi connectivity index (χ1v) is 8.47. The Balaban J connectivity index is 2.02. The average molecular weight is 469 g/mol. The van der Waals surface area contributed by atoms with Gasteiger partial charge in [0.1, 0.15) is 5.75 Å². The van der Waals surface area contributed by atoms with Crippen molar-refractivity contribution < 1.29 is 29.2 Å². The Labute approximate surface area is 171 Å². The number of phenolic OH excluding ortho intramolecular Hbond substituents is 1.